The molecule has 5 rings (SSSR count). The van der Waals surface area contributed by atoms with Crippen molar-refractivity contribution >= 4 is 28.4 Å². The lowest BCUT2D eigenvalue weighted by Gasteiger charge is -2.22. The van der Waals surface area contributed by atoms with Crippen molar-refractivity contribution in [3.05, 3.63) is 66.6 Å². The molecule has 0 radical (unpaired) electrons. The molecule has 0 aliphatic carbocycles. The van der Waals surface area contributed by atoms with Gasteiger partial charge in [0, 0.05) is 18.5 Å². The Labute approximate surface area is 206 Å². The van der Waals surface area contributed by atoms with Crippen LogP contribution in [0.25, 0.3) is 22.3 Å². The Kier molecular flexibility index (Phi) is 6.89. The minimum absolute atomic E-state index is 0.0170. The van der Waals surface area contributed by atoms with Crippen LogP contribution in [0, 0.1) is 5.82 Å². The summed E-state index contributed by atoms with van der Waals surface area (Å²) in [7, 11) is 0. The summed E-state index contributed by atoms with van der Waals surface area (Å²) in [6.45, 7) is 0.550. The third-order valence-corrected chi connectivity index (χ3v) is 5.89. The smallest absolute Gasteiger partial charge is 0.251 e. The van der Waals surface area contributed by atoms with Gasteiger partial charge in [-0.3, -0.25) is 19.5 Å². The maximum Gasteiger partial charge on any atom is 0.251 e. The molecule has 1 aliphatic heterocycles. The topological polar surface area (TPSA) is 115 Å². The highest BCUT2D eigenvalue weighted by atomic mass is 19.1. The zero-order valence-electron chi connectivity index (χ0n) is 19.4. The van der Waals surface area contributed by atoms with Gasteiger partial charge in [0.05, 0.1) is 29.1 Å². The van der Waals surface area contributed by atoms with Crippen molar-refractivity contribution in [2.24, 2.45) is 0 Å². The van der Waals surface area contributed by atoms with E-state index in [1.807, 2.05) is 24.3 Å². The first-order valence-corrected chi connectivity index (χ1v) is 11.6. The Bertz CT molecular complexity index is 1390. The van der Waals surface area contributed by atoms with Crippen molar-refractivity contribution in [2.45, 2.75) is 25.5 Å². The van der Waals surface area contributed by atoms with Gasteiger partial charge < -0.3 is 10.1 Å². The van der Waals surface area contributed by atoms with E-state index in [4.69, 9.17) is 4.74 Å². The van der Waals surface area contributed by atoms with E-state index < -0.39 is 11.7 Å². The number of aromatic nitrogens is 5. The van der Waals surface area contributed by atoms with Gasteiger partial charge in [0.25, 0.3) is 5.91 Å². The number of ether oxygens (including phenoxy) is 1. The number of rotatable bonds is 8. The average molecular weight is 490 g/mol. The molecule has 11 heteroatoms. The average Bonchev–Trinajstić information content (AvgIpc) is 3.58. The number of hydrogen-bond donors (Lipinski definition) is 1. The van der Waals surface area contributed by atoms with Crippen LogP contribution in [0.4, 0.5) is 10.1 Å². The predicted octanol–water partition coefficient (Wildman–Crippen LogP) is 2.36. The number of fused-ring (bicyclic) bond motifs is 1. The molecule has 36 heavy (non-hydrogen) atoms. The van der Waals surface area contributed by atoms with Crippen LogP contribution in [0.1, 0.15) is 12.8 Å². The van der Waals surface area contributed by atoms with E-state index in [0.29, 0.717) is 18.8 Å². The number of carbonyl (C=O) groups is 2. The minimum atomic E-state index is -0.491. The number of hydrogen-bond acceptors (Lipinski definition) is 7. The number of tetrazole rings is 1. The van der Waals surface area contributed by atoms with Gasteiger partial charge in [-0.05, 0) is 42.3 Å². The highest BCUT2D eigenvalue weighted by molar-refractivity contribution is 5.99. The molecular weight excluding hydrogens is 465 g/mol. The summed E-state index contributed by atoms with van der Waals surface area (Å²) in [5.41, 5.74) is 1.41. The highest BCUT2D eigenvalue weighted by Crippen LogP contribution is 2.21. The molecule has 4 aromatic rings. The summed E-state index contributed by atoms with van der Waals surface area (Å²) in [5.74, 6) is -1.20. The molecule has 1 saturated heterocycles. The number of halogens is 1. The molecule has 1 fully saturated rings. The van der Waals surface area contributed by atoms with Crippen molar-refractivity contribution in [1.29, 1.82) is 0 Å². The molecule has 2 aromatic carbocycles. The van der Waals surface area contributed by atoms with E-state index in [1.165, 1.54) is 17.0 Å². The normalized spacial score (nSPS) is 15.2. The lowest BCUT2D eigenvalue weighted by Crippen LogP contribution is -2.44. The quantitative estimate of drug-likeness (QED) is 0.404. The summed E-state index contributed by atoms with van der Waals surface area (Å²) in [4.78, 5) is 32.9. The SMILES string of the molecule is O=C(CN(C(=O)Cn1nnc(-c2ccccc2F)n1)c1cnc2ccccc2c1)NC[C@H]1CCCO1. The van der Waals surface area contributed by atoms with Crippen molar-refractivity contribution in [3.8, 4) is 11.4 Å². The van der Waals surface area contributed by atoms with Gasteiger partial charge in [-0.15, -0.1) is 10.2 Å². The van der Waals surface area contributed by atoms with E-state index in [0.717, 1.165) is 28.5 Å². The molecule has 1 atom stereocenters. The van der Waals surface area contributed by atoms with Crippen LogP contribution in [0.3, 0.4) is 0 Å². The zero-order chi connectivity index (χ0) is 24.9. The second kappa shape index (κ2) is 10.6. The van der Waals surface area contributed by atoms with E-state index in [2.05, 4.69) is 25.7 Å². The molecule has 10 nitrogen and oxygen atoms in total. The third-order valence-electron chi connectivity index (χ3n) is 5.89. The van der Waals surface area contributed by atoms with Crippen molar-refractivity contribution in [3.63, 3.8) is 0 Å². The second-order valence-corrected chi connectivity index (χ2v) is 8.43. The Morgan fingerprint density at radius 1 is 1.17 bits per heavy atom. The fraction of sp³-hybridized carbons (Fsp3) is 0.280. The van der Waals surface area contributed by atoms with Crippen LogP contribution in [0.15, 0.2) is 60.8 Å². The van der Waals surface area contributed by atoms with Gasteiger partial charge in [-0.2, -0.15) is 4.80 Å². The highest BCUT2D eigenvalue weighted by Gasteiger charge is 2.23. The molecule has 0 spiro atoms. The van der Waals surface area contributed by atoms with Crippen molar-refractivity contribution in [1.82, 2.24) is 30.5 Å². The maximum atomic E-state index is 14.1. The molecule has 0 saturated carbocycles. The number of pyridine rings is 1. The van der Waals surface area contributed by atoms with Crippen LogP contribution in [-0.2, 0) is 20.9 Å². The first-order chi connectivity index (χ1) is 17.6. The first kappa shape index (κ1) is 23.5. The van der Waals surface area contributed by atoms with Gasteiger partial charge >= 0.3 is 0 Å². The van der Waals surface area contributed by atoms with E-state index in [1.54, 1.807) is 24.4 Å². The Balaban J connectivity index is 1.35. The van der Waals surface area contributed by atoms with E-state index >= 15 is 0 Å². The van der Waals surface area contributed by atoms with Crippen LogP contribution < -0.4 is 10.2 Å². The summed E-state index contributed by atoms with van der Waals surface area (Å²) in [6.07, 6.45) is 3.39. The number of para-hydroxylation sites is 1. The molecule has 0 unspecified atom stereocenters. The zero-order valence-corrected chi connectivity index (χ0v) is 19.4. The molecule has 1 aliphatic rings. The van der Waals surface area contributed by atoms with Crippen LogP contribution >= 0.6 is 0 Å². The van der Waals surface area contributed by atoms with Crippen molar-refractivity contribution < 1.29 is 18.7 Å². The standard InChI is InChI=1S/C25H24FN7O3/c26-21-9-3-2-8-20(21)25-29-31-33(30-25)16-24(35)32(15-23(34)28-14-19-7-5-11-36-19)18-12-17-6-1-4-10-22(17)27-13-18/h1-4,6,8-10,12-13,19H,5,7,11,14-16H2,(H,28,34)/t19-/m1/s1. The first-order valence-electron chi connectivity index (χ1n) is 11.6. The molecule has 3 heterocycles. The van der Waals surface area contributed by atoms with Gasteiger partial charge in [-0.1, -0.05) is 30.3 Å². The Morgan fingerprint density at radius 2 is 2.00 bits per heavy atom. The molecule has 2 amide bonds. The fourth-order valence-electron chi connectivity index (χ4n) is 4.03. The number of nitrogens with zero attached hydrogens (tertiary/aromatic N) is 6. The van der Waals surface area contributed by atoms with Crippen LogP contribution in [0.5, 0.6) is 0 Å². The number of nitrogens with one attached hydrogen (secondary N) is 1. The third kappa shape index (κ3) is 5.36. The van der Waals surface area contributed by atoms with Gasteiger partial charge in [0.2, 0.25) is 11.7 Å². The number of benzene rings is 2. The Hall–Kier alpha value is -4.25. The van der Waals surface area contributed by atoms with Gasteiger partial charge in [0.15, 0.2) is 0 Å². The fourth-order valence-corrected chi connectivity index (χ4v) is 4.03. The minimum Gasteiger partial charge on any atom is -0.376 e. The monoisotopic (exact) mass is 489 g/mol. The van der Waals surface area contributed by atoms with E-state index in [9.17, 15) is 14.0 Å². The second-order valence-electron chi connectivity index (χ2n) is 8.43. The number of carbonyl (C=O) groups excluding carboxylic acids is 2. The van der Waals surface area contributed by atoms with E-state index in [-0.39, 0.29) is 36.5 Å². The molecular formula is C25H24FN7O3. The predicted molar refractivity (Wildman–Crippen MR) is 129 cm³/mol. The summed E-state index contributed by atoms with van der Waals surface area (Å²) in [6, 6.07) is 15.3. The Morgan fingerprint density at radius 3 is 2.83 bits per heavy atom. The molecule has 2 aromatic heterocycles. The summed E-state index contributed by atoms with van der Waals surface area (Å²) < 4.78 is 19.7. The van der Waals surface area contributed by atoms with Gasteiger partial charge in [-0.25, -0.2) is 4.39 Å². The summed E-state index contributed by atoms with van der Waals surface area (Å²) >= 11 is 0. The lowest BCUT2D eigenvalue weighted by atomic mass is 10.2. The number of anilines is 1. The maximum absolute atomic E-state index is 14.1. The number of amides is 2. The van der Waals surface area contributed by atoms with Crippen molar-refractivity contribution in [2.75, 3.05) is 24.6 Å². The van der Waals surface area contributed by atoms with Gasteiger partial charge in [0.1, 0.15) is 18.9 Å². The summed E-state index contributed by atoms with van der Waals surface area (Å²) in [5, 5.41) is 15.6. The molecule has 0 bridgehead atoms. The van der Waals surface area contributed by atoms with Crippen LogP contribution in [-0.4, -0.2) is 62.8 Å². The lowest BCUT2D eigenvalue weighted by molar-refractivity contribution is -0.124. The molecule has 184 valence electrons. The largest absolute Gasteiger partial charge is 0.376 e. The molecule has 1 N–H and O–H groups in total. The van der Waals surface area contributed by atoms with Crippen LogP contribution in [0.2, 0.25) is 0 Å².